The summed E-state index contributed by atoms with van der Waals surface area (Å²) < 4.78 is 5.10. The number of ether oxygens (including phenoxy) is 1. The van der Waals surface area contributed by atoms with Crippen LogP contribution >= 0.6 is 23.7 Å². The van der Waals surface area contributed by atoms with Gasteiger partial charge >= 0.3 is 0 Å². The van der Waals surface area contributed by atoms with Crippen LogP contribution in [-0.4, -0.2) is 44.1 Å². The minimum absolute atomic E-state index is 0. The molecule has 1 aromatic rings. The van der Waals surface area contributed by atoms with Gasteiger partial charge in [-0.3, -0.25) is 4.79 Å². The Bertz CT molecular complexity index is 389. The average molecular weight is 291 g/mol. The molecule has 1 aliphatic rings. The molecule has 1 amide bonds. The van der Waals surface area contributed by atoms with Gasteiger partial charge in [0, 0.05) is 30.6 Å². The molecule has 102 valence electrons. The second kappa shape index (κ2) is 6.97. The quantitative estimate of drug-likeness (QED) is 0.926. The van der Waals surface area contributed by atoms with Gasteiger partial charge < -0.3 is 15.0 Å². The fourth-order valence-electron chi connectivity index (χ4n) is 2.07. The number of hydrogen-bond donors (Lipinski definition) is 1. The molecule has 0 saturated carbocycles. The molecule has 0 bridgehead atoms. The number of hydrogen-bond acceptors (Lipinski definition) is 4. The number of likely N-dealkylation sites (tertiary alicyclic amines) is 1. The second-order valence-corrected chi connectivity index (χ2v) is 5.12. The third-order valence-electron chi connectivity index (χ3n) is 3.21. The lowest BCUT2D eigenvalue weighted by atomic mass is 10.1. The number of carbonyl (C=O) groups excluding carboxylic acids is 1. The maximum absolute atomic E-state index is 12.2. The van der Waals surface area contributed by atoms with E-state index in [2.05, 4.69) is 5.32 Å². The molecule has 18 heavy (non-hydrogen) atoms. The van der Waals surface area contributed by atoms with Crippen LogP contribution in [0.25, 0.3) is 0 Å². The summed E-state index contributed by atoms with van der Waals surface area (Å²) in [6, 6.07) is 2.37. The SMILES string of the molecule is CNC1CCN(C(=O)c2cc(OC)cs2)CC1.Cl. The predicted molar refractivity (Wildman–Crippen MR) is 76.1 cm³/mol. The number of nitrogens with zero attached hydrogens (tertiary/aromatic N) is 1. The first-order chi connectivity index (χ1) is 8.24. The van der Waals surface area contributed by atoms with Crippen LogP contribution in [0.3, 0.4) is 0 Å². The van der Waals surface area contributed by atoms with Gasteiger partial charge in [0.05, 0.1) is 12.0 Å². The minimum atomic E-state index is 0. The fraction of sp³-hybridized carbons (Fsp3) is 0.583. The summed E-state index contributed by atoms with van der Waals surface area (Å²) in [4.78, 5) is 14.9. The Labute approximate surface area is 118 Å². The highest BCUT2D eigenvalue weighted by Gasteiger charge is 2.23. The Hall–Kier alpha value is -0.780. The summed E-state index contributed by atoms with van der Waals surface area (Å²) >= 11 is 1.45. The highest BCUT2D eigenvalue weighted by atomic mass is 35.5. The average Bonchev–Trinajstić information content (AvgIpc) is 2.87. The van der Waals surface area contributed by atoms with Gasteiger partial charge in [0.15, 0.2) is 0 Å². The lowest BCUT2D eigenvalue weighted by Gasteiger charge is -2.31. The monoisotopic (exact) mass is 290 g/mol. The number of piperidine rings is 1. The molecule has 0 unspecified atom stereocenters. The molecule has 1 aromatic heterocycles. The number of nitrogens with one attached hydrogen (secondary N) is 1. The molecule has 2 heterocycles. The van der Waals surface area contributed by atoms with E-state index in [-0.39, 0.29) is 18.3 Å². The smallest absolute Gasteiger partial charge is 0.264 e. The largest absolute Gasteiger partial charge is 0.496 e. The van der Waals surface area contributed by atoms with E-state index in [0.29, 0.717) is 6.04 Å². The zero-order chi connectivity index (χ0) is 12.3. The Balaban J connectivity index is 0.00000162. The van der Waals surface area contributed by atoms with Gasteiger partial charge in [-0.25, -0.2) is 0 Å². The molecule has 6 heteroatoms. The molecule has 1 fully saturated rings. The lowest BCUT2D eigenvalue weighted by molar-refractivity contribution is 0.0712. The molecule has 0 spiro atoms. The minimum Gasteiger partial charge on any atom is -0.496 e. The van der Waals surface area contributed by atoms with Crippen molar-refractivity contribution in [3.63, 3.8) is 0 Å². The number of carbonyl (C=O) groups is 1. The molecular weight excluding hydrogens is 272 g/mol. The van der Waals surface area contributed by atoms with E-state index < -0.39 is 0 Å². The predicted octanol–water partition coefficient (Wildman–Crippen LogP) is 2.00. The molecule has 1 aliphatic heterocycles. The summed E-state index contributed by atoms with van der Waals surface area (Å²) in [7, 11) is 3.60. The van der Waals surface area contributed by atoms with Crippen LogP contribution in [0.4, 0.5) is 0 Å². The molecule has 4 nitrogen and oxygen atoms in total. The van der Waals surface area contributed by atoms with Crippen LogP contribution in [0.5, 0.6) is 5.75 Å². The van der Waals surface area contributed by atoms with Gasteiger partial charge in [0.25, 0.3) is 5.91 Å². The molecule has 2 rings (SSSR count). The molecule has 0 aliphatic carbocycles. The Kier molecular flexibility index (Phi) is 5.91. The van der Waals surface area contributed by atoms with Crippen LogP contribution in [-0.2, 0) is 0 Å². The Morgan fingerprint density at radius 3 is 2.67 bits per heavy atom. The van der Waals surface area contributed by atoms with Crippen molar-refractivity contribution in [1.82, 2.24) is 10.2 Å². The van der Waals surface area contributed by atoms with Gasteiger partial charge in [0.1, 0.15) is 5.75 Å². The first-order valence-corrected chi connectivity index (χ1v) is 6.71. The lowest BCUT2D eigenvalue weighted by Crippen LogP contribution is -2.43. The van der Waals surface area contributed by atoms with Crippen molar-refractivity contribution in [2.45, 2.75) is 18.9 Å². The molecule has 0 radical (unpaired) electrons. The summed E-state index contributed by atoms with van der Waals surface area (Å²) in [5.41, 5.74) is 0. The van der Waals surface area contributed by atoms with E-state index >= 15 is 0 Å². The highest BCUT2D eigenvalue weighted by molar-refractivity contribution is 7.12. The summed E-state index contributed by atoms with van der Waals surface area (Å²) in [6.07, 6.45) is 2.06. The van der Waals surface area contributed by atoms with Crippen molar-refractivity contribution in [1.29, 1.82) is 0 Å². The molecule has 0 atom stereocenters. The van der Waals surface area contributed by atoms with Crippen LogP contribution < -0.4 is 10.1 Å². The van der Waals surface area contributed by atoms with Crippen molar-refractivity contribution in [3.8, 4) is 5.75 Å². The number of halogens is 1. The van der Waals surface area contributed by atoms with Gasteiger partial charge in [-0.2, -0.15) is 0 Å². The second-order valence-electron chi connectivity index (χ2n) is 4.21. The Morgan fingerprint density at radius 1 is 1.50 bits per heavy atom. The van der Waals surface area contributed by atoms with E-state index in [4.69, 9.17) is 4.74 Å². The van der Waals surface area contributed by atoms with E-state index in [1.807, 2.05) is 23.4 Å². The summed E-state index contributed by atoms with van der Waals surface area (Å²) in [5, 5.41) is 5.13. The number of thiophene rings is 1. The van der Waals surface area contributed by atoms with Gasteiger partial charge in [-0.15, -0.1) is 23.7 Å². The third-order valence-corrected chi connectivity index (χ3v) is 4.11. The van der Waals surface area contributed by atoms with Crippen LogP contribution in [0.15, 0.2) is 11.4 Å². The highest BCUT2D eigenvalue weighted by Crippen LogP contribution is 2.23. The number of methoxy groups -OCH3 is 1. The normalized spacial score (nSPS) is 16.2. The number of rotatable bonds is 3. The van der Waals surface area contributed by atoms with E-state index in [1.165, 1.54) is 11.3 Å². The van der Waals surface area contributed by atoms with Gasteiger partial charge in [-0.05, 0) is 19.9 Å². The zero-order valence-electron chi connectivity index (χ0n) is 10.6. The van der Waals surface area contributed by atoms with Gasteiger partial charge in [0.2, 0.25) is 0 Å². The first kappa shape index (κ1) is 15.3. The van der Waals surface area contributed by atoms with E-state index in [9.17, 15) is 4.79 Å². The summed E-state index contributed by atoms with van der Waals surface area (Å²) in [6.45, 7) is 1.68. The van der Waals surface area contributed by atoms with Crippen molar-refractivity contribution in [2.24, 2.45) is 0 Å². The third kappa shape index (κ3) is 3.37. The fourth-order valence-corrected chi connectivity index (χ4v) is 2.89. The van der Waals surface area contributed by atoms with Crippen molar-refractivity contribution in [2.75, 3.05) is 27.2 Å². The molecular formula is C12H19ClN2O2S. The Morgan fingerprint density at radius 2 is 2.17 bits per heavy atom. The summed E-state index contributed by atoms with van der Waals surface area (Å²) in [5.74, 6) is 0.899. The number of amides is 1. The standard InChI is InChI=1S/C12H18N2O2S.ClH/c1-13-9-3-5-14(6-4-9)12(15)11-7-10(16-2)8-17-11;/h7-9,13H,3-6H2,1-2H3;1H. The topological polar surface area (TPSA) is 41.6 Å². The molecule has 0 aromatic carbocycles. The van der Waals surface area contributed by atoms with Crippen LogP contribution in [0, 0.1) is 0 Å². The maximum atomic E-state index is 12.2. The van der Waals surface area contributed by atoms with Crippen LogP contribution in [0.2, 0.25) is 0 Å². The van der Waals surface area contributed by atoms with E-state index in [1.54, 1.807) is 7.11 Å². The molecule has 1 saturated heterocycles. The molecule has 1 N–H and O–H groups in total. The van der Waals surface area contributed by atoms with Crippen molar-refractivity contribution in [3.05, 3.63) is 16.3 Å². The van der Waals surface area contributed by atoms with Gasteiger partial charge in [-0.1, -0.05) is 0 Å². The maximum Gasteiger partial charge on any atom is 0.264 e. The first-order valence-electron chi connectivity index (χ1n) is 5.83. The van der Waals surface area contributed by atoms with Crippen molar-refractivity contribution < 1.29 is 9.53 Å². The van der Waals surface area contributed by atoms with Crippen molar-refractivity contribution >= 4 is 29.7 Å². The zero-order valence-corrected chi connectivity index (χ0v) is 12.3. The van der Waals surface area contributed by atoms with E-state index in [0.717, 1.165) is 36.6 Å². The van der Waals surface area contributed by atoms with Crippen LogP contribution in [0.1, 0.15) is 22.5 Å².